The van der Waals surface area contributed by atoms with Crippen molar-refractivity contribution < 1.29 is 99.6 Å². The maximum Gasteiger partial charge on any atom is 0.338 e. The van der Waals surface area contributed by atoms with E-state index in [1.54, 1.807) is 0 Å². The van der Waals surface area contributed by atoms with E-state index < -0.39 is 147 Å². The molecule has 5 heterocycles. The van der Waals surface area contributed by atoms with Crippen molar-refractivity contribution in [2.45, 2.75) is 176 Å². The second kappa shape index (κ2) is 38.8. The largest absolute Gasteiger partial charge is 0.467 e. The van der Waals surface area contributed by atoms with Crippen LogP contribution in [0.1, 0.15) is 45.9 Å². The first-order chi connectivity index (χ1) is 52.1. The molecule has 5 fully saturated rings. The maximum absolute atomic E-state index is 15.0. The molecule has 0 N–H and O–H groups in total. The molecule has 12 rings (SSSR count). The Morgan fingerprint density at radius 3 is 1.19 bits per heavy atom. The van der Waals surface area contributed by atoms with E-state index in [1.807, 2.05) is 212 Å². The van der Waals surface area contributed by atoms with Crippen LogP contribution in [0.2, 0.25) is 0 Å². The minimum absolute atomic E-state index is 0.0158. The van der Waals surface area contributed by atoms with E-state index in [0.29, 0.717) is 16.7 Å². The second-order valence-corrected chi connectivity index (χ2v) is 25.5. The van der Waals surface area contributed by atoms with Gasteiger partial charge in [0, 0.05) is 16.7 Å². The molecule has 0 spiro atoms. The highest BCUT2D eigenvalue weighted by molar-refractivity contribution is 5.76. The number of carbonyl (C=O) groups is 3. The van der Waals surface area contributed by atoms with Gasteiger partial charge in [-0.3, -0.25) is 4.79 Å². The average molecular weight is 1450 g/mol. The fourth-order valence-corrected chi connectivity index (χ4v) is 13.2. The number of fused-ring (bicyclic) bond motifs is 2. The van der Waals surface area contributed by atoms with Crippen LogP contribution in [0.4, 0.5) is 0 Å². The van der Waals surface area contributed by atoms with Gasteiger partial charge in [0.15, 0.2) is 37.4 Å². The summed E-state index contributed by atoms with van der Waals surface area (Å²) >= 11 is 0. The SMILES string of the molecule is C=CCOC(=O)[C@H]1O[C@@H](O[C@H]2[C@H](OCc3ccccc3)[C@@H](N=[N+]=[N-])[C@@H](O[C@H]3[C@H](OCc4ccccc4)[C@@H](OCc4ccccc4)[C@H](O[C@H]4[C@H](OCc5ccccc5)[C@@H](N=[N+]=[N-])[C@@H]5OC[C@H]4O5)O[C@@H]3C(=O)OC)O[C@@H]2COC(C)=O)[C@H](OCc2ccccc2)[C@@H](OCc2ccccc2)[C@@H]1OCc1ccccc1. The molecule has 0 amide bonds. The molecule has 556 valence electrons. The van der Waals surface area contributed by atoms with Gasteiger partial charge >= 0.3 is 17.9 Å². The molecule has 20 atom stereocenters. The van der Waals surface area contributed by atoms with E-state index in [-0.39, 0.29) is 59.5 Å². The Hall–Kier alpha value is -9.29. The highest BCUT2D eigenvalue weighted by atomic mass is 16.8. The van der Waals surface area contributed by atoms with Gasteiger partial charge in [0.25, 0.3) is 0 Å². The van der Waals surface area contributed by atoms with Crippen molar-refractivity contribution in [2.75, 3.05) is 26.9 Å². The number of rotatable bonds is 35. The Morgan fingerprint density at radius 1 is 0.425 bits per heavy atom. The molecule has 0 saturated carbocycles. The Kier molecular flexibility index (Phi) is 28.0. The number of nitrogens with zero attached hydrogens (tertiary/aromatic N) is 6. The molecule has 0 unspecified atom stereocenters. The first-order valence-electron chi connectivity index (χ1n) is 34.9. The van der Waals surface area contributed by atoms with Crippen molar-refractivity contribution in [3.63, 3.8) is 0 Å². The smallest absolute Gasteiger partial charge is 0.338 e. The molecule has 27 heteroatoms. The summed E-state index contributed by atoms with van der Waals surface area (Å²) in [7, 11) is 1.16. The lowest BCUT2D eigenvalue weighted by atomic mass is 9.94. The lowest BCUT2D eigenvalue weighted by molar-refractivity contribution is -0.378. The van der Waals surface area contributed by atoms with Gasteiger partial charge < -0.3 is 85.3 Å². The third-order valence-electron chi connectivity index (χ3n) is 18.3. The Bertz CT molecular complexity index is 3970. The maximum atomic E-state index is 15.0. The van der Waals surface area contributed by atoms with Crippen LogP contribution < -0.4 is 0 Å². The molecule has 0 aromatic heterocycles. The fraction of sp³-hybridized carbons (Fsp3) is 0.405. The molecule has 2 bridgehead atoms. The first kappa shape index (κ1) is 76.4. The van der Waals surface area contributed by atoms with Crippen molar-refractivity contribution in [3.05, 3.63) is 285 Å². The van der Waals surface area contributed by atoms with Crippen LogP contribution in [-0.4, -0.2) is 168 Å². The zero-order valence-electron chi connectivity index (χ0n) is 58.4. The predicted octanol–water partition coefficient (Wildman–Crippen LogP) is 11.0. The average Bonchev–Trinajstić information content (AvgIpc) is 1.12. The summed E-state index contributed by atoms with van der Waals surface area (Å²) in [5.74, 6) is -2.59. The Morgan fingerprint density at radius 2 is 0.783 bits per heavy atom. The summed E-state index contributed by atoms with van der Waals surface area (Å²) in [6, 6.07) is 62.2. The standard InChI is InChI=1S/C79H84N6O21/c1-4-40-90-75(88)70-66(94-43-53-30-16-7-17-31-53)67(95-44-54-32-18-8-19-33-54)72(97-46-56-36-22-10-23-37-56)78(105-70)102-62-58(48-91-50(2)86)101-77(61(83-85-81)65(62)93-42-52-28-14-6-15-29-52)104-69-68(96-45-55-34-20-9-21-35-55)73(98-47-57-38-24-11-25-39-57)79(106-71(69)74(87)89-3)103-63-59-49-99-76(100-59)60(82-84-80)64(63)92-41-51-26-12-5-13-27-51/h4-39,58-73,76-79H,1,40-49H2,2-3H3/t58-,59-,60-,61-,62-,63-,64-,65-,66+,67+,68+,69+,70+,71+,72-,73-,76-,77-,78-,79-/m1/s1. The van der Waals surface area contributed by atoms with Gasteiger partial charge in [0.05, 0.1) is 60.0 Å². The van der Waals surface area contributed by atoms with Crippen molar-refractivity contribution in [3.8, 4) is 0 Å². The van der Waals surface area contributed by atoms with E-state index in [1.165, 1.54) is 13.0 Å². The second-order valence-electron chi connectivity index (χ2n) is 25.5. The quantitative estimate of drug-likeness (QED) is 0.00889. The van der Waals surface area contributed by atoms with Gasteiger partial charge in [0.1, 0.15) is 98.5 Å². The molecule has 0 aliphatic carbocycles. The highest BCUT2D eigenvalue weighted by Gasteiger charge is 2.61. The predicted molar refractivity (Wildman–Crippen MR) is 376 cm³/mol. The van der Waals surface area contributed by atoms with Crippen LogP contribution in [-0.2, 0) is 146 Å². The van der Waals surface area contributed by atoms with Crippen LogP contribution in [0, 0.1) is 0 Å². The third kappa shape index (κ3) is 20.0. The van der Waals surface area contributed by atoms with Crippen LogP contribution >= 0.6 is 0 Å². The molecule has 5 aliphatic heterocycles. The number of hydrogen-bond donors (Lipinski definition) is 0. The summed E-state index contributed by atoms with van der Waals surface area (Å²) in [6.45, 7) is 3.73. The molecule has 7 aromatic carbocycles. The molecule has 5 aliphatic rings. The number of ether oxygens (including phenoxy) is 18. The highest BCUT2D eigenvalue weighted by Crippen LogP contribution is 2.42. The third-order valence-corrected chi connectivity index (χ3v) is 18.3. The van der Waals surface area contributed by atoms with E-state index in [0.717, 1.165) is 29.4 Å². The number of hydrogen-bond acceptors (Lipinski definition) is 23. The number of azide groups is 2. The zero-order valence-corrected chi connectivity index (χ0v) is 58.4. The van der Waals surface area contributed by atoms with Crippen LogP contribution in [0.5, 0.6) is 0 Å². The first-order valence-corrected chi connectivity index (χ1v) is 34.9. The van der Waals surface area contributed by atoms with Crippen molar-refractivity contribution in [2.24, 2.45) is 10.2 Å². The van der Waals surface area contributed by atoms with E-state index >= 15 is 0 Å². The van der Waals surface area contributed by atoms with Crippen molar-refractivity contribution >= 4 is 17.9 Å². The van der Waals surface area contributed by atoms with E-state index in [9.17, 15) is 25.4 Å². The van der Waals surface area contributed by atoms with E-state index in [4.69, 9.17) is 85.3 Å². The van der Waals surface area contributed by atoms with Gasteiger partial charge in [-0.2, -0.15) is 0 Å². The summed E-state index contributed by atoms with van der Waals surface area (Å²) in [6.07, 6.45) is -24.0. The van der Waals surface area contributed by atoms with Crippen molar-refractivity contribution in [1.82, 2.24) is 0 Å². The van der Waals surface area contributed by atoms with Gasteiger partial charge in [-0.1, -0.05) is 235 Å². The van der Waals surface area contributed by atoms with Crippen molar-refractivity contribution in [1.29, 1.82) is 0 Å². The van der Waals surface area contributed by atoms with Gasteiger partial charge in [0.2, 0.25) is 0 Å². The summed E-state index contributed by atoms with van der Waals surface area (Å²) in [5.41, 5.74) is 26.1. The number of methoxy groups -OCH3 is 1. The molecular formula is C79H84N6O21. The topological polar surface area (TPSA) is 315 Å². The van der Waals surface area contributed by atoms with Crippen LogP contribution in [0.3, 0.4) is 0 Å². The molecule has 7 aromatic rings. The Labute approximate surface area is 612 Å². The lowest BCUT2D eigenvalue weighted by Crippen LogP contribution is -2.68. The van der Waals surface area contributed by atoms with E-state index in [2.05, 4.69) is 26.6 Å². The fourth-order valence-electron chi connectivity index (χ4n) is 13.2. The number of esters is 3. The van der Waals surface area contributed by atoms with Gasteiger partial charge in [-0.05, 0) is 50.0 Å². The minimum Gasteiger partial charge on any atom is -0.467 e. The number of benzene rings is 7. The van der Waals surface area contributed by atoms with Gasteiger partial charge in [-0.15, -0.1) is 0 Å². The van der Waals surface area contributed by atoms with Crippen LogP contribution in [0.25, 0.3) is 20.9 Å². The van der Waals surface area contributed by atoms with Gasteiger partial charge in [-0.25, -0.2) is 9.59 Å². The normalized spacial score (nSPS) is 28.9. The molecule has 5 saturated heterocycles. The molecule has 106 heavy (non-hydrogen) atoms. The zero-order chi connectivity index (χ0) is 73.4. The lowest BCUT2D eigenvalue weighted by Gasteiger charge is -2.51. The van der Waals surface area contributed by atoms with Crippen LogP contribution in [0.15, 0.2) is 235 Å². The molecular weight excluding hydrogens is 1370 g/mol. The summed E-state index contributed by atoms with van der Waals surface area (Å²) < 4.78 is 121. The monoisotopic (exact) mass is 1450 g/mol. The number of carbonyl (C=O) groups excluding carboxylic acids is 3. The Balaban J connectivity index is 0.959. The molecule has 0 radical (unpaired) electrons. The summed E-state index contributed by atoms with van der Waals surface area (Å²) in [4.78, 5) is 49.6. The summed E-state index contributed by atoms with van der Waals surface area (Å²) in [5, 5.41) is 8.50. The minimum atomic E-state index is -1.82. The molecule has 27 nitrogen and oxygen atoms in total.